The van der Waals surface area contributed by atoms with Crippen LogP contribution in [0.3, 0.4) is 0 Å². The number of fused-ring (bicyclic) bond motifs is 1. The summed E-state index contributed by atoms with van der Waals surface area (Å²) in [6.45, 7) is 6.57. The average Bonchev–Trinajstić information content (AvgIpc) is 3.00. The predicted octanol–water partition coefficient (Wildman–Crippen LogP) is 5.81. The van der Waals surface area contributed by atoms with Crippen molar-refractivity contribution >= 4 is 28.8 Å². The Morgan fingerprint density at radius 1 is 1.07 bits per heavy atom. The molecule has 0 fully saturated rings. The molecule has 28 heavy (non-hydrogen) atoms. The standard InChI is InChI=1S/C22H21ClN4O/c1-4-28-17-11-9-16(10-12-17)25-20-13-14(2)24-22-21(15(3)26-27(20)22)18-7-5-6-8-19(18)23/h5-13,25H,4H2,1-3H3. The molecular formula is C22H21ClN4O. The summed E-state index contributed by atoms with van der Waals surface area (Å²) in [6, 6.07) is 17.6. The summed E-state index contributed by atoms with van der Waals surface area (Å²) in [4.78, 5) is 4.74. The fraction of sp³-hybridized carbons (Fsp3) is 0.182. The molecule has 4 rings (SSSR count). The van der Waals surface area contributed by atoms with Gasteiger partial charge in [-0.15, -0.1) is 0 Å². The second kappa shape index (κ2) is 7.52. The fourth-order valence-electron chi connectivity index (χ4n) is 3.26. The lowest BCUT2D eigenvalue weighted by molar-refractivity contribution is 0.340. The van der Waals surface area contributed by atoms with Gasteiger partial charge >= 0.3 is 0 Å². The molecule has 0 bridgehead atoms. The Balaban J connectivity index is 1.80. The van der Waals surface area contributed by atoms with Gasteiger partial charge in [0, 0.05) is 28.0 Å². The summed E-state index contributed by atoms with van der Waals surface area (Å²) in [7, 11) is 0. The lowest BCUT2D eigenvalue weighted by atomic mass is 10.1. The van der Waals surface area contributed by atoms with Crippen LogP contribution < -0.4 is 10.1 Å². The monoisotopic (exact) mass is 392 g/mol. The van der Waals surface area contributed by atoms with Crippen molar-refractivity contribution in [3.05, 3.63) is 71.0 Å². The SMILES string of the molecule is CCOc1ccc(Nc2cc(C)nc3c(-c4ccccc4Cl)c(C)nn23)cc1. The molecule has 5 nitrogen and oxygen atoms in total. The van der Waals surface area contributed by atoms with E-state index in [0.717, 1.165) is 45.4 Å². The number of rotatable bonds is 5. The van der Waals surface area contributed by atoms with Crippen LogP contribution in [0.5, 0.6) is 5.75 Å². The summed E-state index contributed by atoms with van der Waals surface area (Å²) in [5.74, 6) is 1.69. The Morgan fingerprint density at radius 3 is 2.54 bits per heavy atom. The first-order chi connectivity index (χ1) is 13.6. The van der Waals surface area contributed by atoms with E-state index in [2.05, 4.69) is 5.32 Å². The summed E-state index contributed by atoms with van der Waals surface area (Å²) >= 11 is 6.45. The van der Waals surface area contributed by atoms with Crippen molar-refractivity contribution in [3.8, 4) is 16.9 Å². The molecule has 0 atom stereocenters. The molecule has 0 amide bonds. The van der Waals surface area contributed by atoms with Crippen LogP contribution >= 0.6 is 11.6 Å². The number of benzene rings is 2. The molecule has 2 aromatic carbocycles. The quantitative estimate of drug-likeness (QED) is 0.465. The molecule has 0 saturated carbocycles. The first-order valence-electron chi connectivity index (χ1n) is 9.18. The van der Waals surface area contributed by atoms with E-state index in [1.165, 1.54) is 0 Å². The third kappa shape index (κ3) is 3.41. The first kappa shape index (κ1) is 18.3. The van der Waals surface area contributed by atoms with Gasteiger partial charge in [0.25, 0.3) is 0 Å². The number of nitrogens with one attached hydrogen (secondary N) is 1. The number of hydrogen-bond acceptors (Lipinski definition) is 4. The highest BCUT2D eigenvalue weighted by atomic mass is 35.5. The van der Waals surface area contributed by atoms with Crippen molar-refractivity contribution in [2.24, 2.45) is 0 Å². The number of aryl methyl sites for hydroxylation is 2. The maximum absolute atomic E-state index is 6.45. The van der Waals surface area contributed by atoms with Gasteiger partial charge in [-0.3, -0.25) is 0 Å². The molecule has 2 aromatic heterocycles. The van der Waals surface area contributed by atoms with Gasteiger partial charge in [0.1, 0.15) is 11.6 Å². The van der Waals surface area contributed by atoms with Crippen LogP contribution in [-0.2, 0) is 0 Å². The molecule has 2 heterocycles. The van der Waals surface area contributed by atoms with Crippen LogP contribution in [0.25, 0.3) is 16.8 Å². The Hall–Kier alpha value is -3.05. The van der Waals surface area contributed by atoms with Crippen LogP contribution in [0, 0.1) is 13.8 Å². The molecule has 6 heteroatoms. The van der Waals surface area contributed by atoms with E-state index >= 15 is 0 Å². The van der Waals surface area contributed by atoms with Gasteiger partial charge in [0.2, 0.25) is 0 Å². The molecule has 0 saturated heterocycles. The second-order valence-corrected chi connectivity index (χ2v) is 6.95. The van der Waals surface area contributed by atoms with Crippen molar-refractivity contribution in [3.63, 3.8) is 0 Å². The van der Waals surface area contributed by atoms with E-state index in [1.807, 2.05) is 79.9 Å². The molecule has 0 aliphatic rings. The Bertz CT molecular complexity index is 1140. The van der Waals surface area contributed by atoms with E-state index in [-0.39, 0.29) is 0 Å². The highest BCUT2D eigenvalue weighted by molar-refractivity contribution is 6.33. The van der Waals surface area contributed by atoms with Gasteiger partial charge in [-0.1, -0.05) is 29.8 Å². The summed E-state index contributed by atoms with van der Waals surface area (Å²) in [5, 5.41) is 8.84. The summed E-state index contributed by atoms with van der Waals surface area (Å²) < 4.78 is 7.34. The topological polar surface area (TPSA) is 51.5 Å². The lowest BCUT2D eigenvalue weighted by Gasteiger charge is -2.11. The number of hydrogen-bond donors (Lipinski definition) is 1. The van der Waals surface area contributed by atoms with Crippen molar-refractivity contribution in [2.45, 2.75) is 20.8 Å². The molecule has 0 spiro atoms. The smallest absolute Gasteiger partial charge is 0.165 e. The van der Waals surface area contributed by atoms with Crippen LogP contribution in [0.2, 0.25) is 5.02 Å². The van der Waals surface area contributed by atoms with Crippen molar-refractivity contribution < 1.29 is 4.74 Å². The zero-order valence-corrected chi connectivity index (χ0v) is 16.8. The summed E-state index contributed by atoms with van der Waals surface area (Å²) in [5.41, 5.74) is 5.38. The van der Waals surface area contributed by atoms with E-state index in [0.29, 0.717) is 11.6 Å². The average molecular weight is 393 g/mol. The number of anilines is 2. The predicted molar refractivity (Wildman–Crippen MR) is 114 cm³/mol. The van der Waals surface area contributed by atoms with Crippen LogP contribution in [0.4, 0.5) is 11.5 Å². The molecule has 142 valence electrons. The van der Waals surface area contributed by atoms with Gasteiger partial charge < -0.3 is 10.1 Å². The highest BCUT2D eigenvalue weighted by Gasteiger charge is 2.18. The first-order valence-corrected chi connectivity index (χ1v) is 9.56. The molecule has 4 aromatic rings. The third-order valence-corrected chi connectivity index (χ3v) is 4.80. The zero-order chi connectivity index (χ0) is 19.7. The van der Waals surface area contributed by atoms with Gasteiger partial charge in [-0.25, -0.2) is 4.98 Å². The third-order valence-electron chi connectivity index (χ3n) is 4.47. The molecule has 0 radical (unpaired) electrons. The van der Waals surface area contributed by atoms with E-state index in [4.69, 9.17) is 26.4 Å². The van der Waals surface area contributed by atoms with Crippen molar-refractivity contribution in [1.82, 2.24) is 14.6 Å². The lowest BCUT2D eigenvalue weighted by Crippen LogP contribution is -2.02. The zero-order valence-electron chi connectivity index (χ0n) is 16.0. The molecule has 1 N–H and O–H groups in total. The Labute approximate surface area is 168 Å². The highest BCUT2D eigenvalue weighted by Crippen LogP contribution is 2.34. The van der Waals surface area contributed by atoms with Crippen LogP contribution in [0.15, 0.2) is 54.6 Å². The minimum absolute atomic E-state index is 0.647. The molecule has 0 unspecified atom stereocenters. The number of aromatic nitrogens is 3. The molecule has 0 aliphatic heterocycles. The molecular weight excluding hydrogens is 372 g/mol. The van der Waals surface area contributed by atoms with E-state index in [9.17, 15) is 0 Å². The fourth-order valence-corrected chi connectivity index (χ4v) is 3.49. The minimum Gasteiger partial charge on any atom is -0.494 e. The van der Waals surface area contributed by atoms with E-state index < -0.39 is 0 Å². The number of ether oxygens (including phenoxy) is 1. The maximum Gasteiger partial charge on any atom is 0.165 e. The van der Waals surface area contributed by atoms with Crippen LogP contribution in [0.1, 0.15) is 18.3 Å². The van der Waals surface area contributed by atoms with Crippen LogP contribution in [-0.4, -0.2) is 21.2 Å². The number of halogens is 1. The van der Waals surface area contributed by atoms with E-state index in [1.54, 1.807) is 0 Å². The Morgan fingerprint density at radius 2 is 1.82 bits per heavy atom. The van der Waals surface area contributed by atoms with Crippen molar-refractivity contribution in [1.29, 1.82) is 0 Å². The van der Waals surface area contributed by atoms with Crippen molar-refractivity contribution in [2.75, 3.05) is 11.9 Å². The van der Waals surface area contributed by atoms with Gasteiger partial charge in [0.15, 0.2) is 5.65 Å². The van der Waals surface area contributed by atoms with Gasteiger partial charge in [-0.05, 0) is 51.1 Å². The summed E-state index contributed by atoms with van der Waals surface area (Å²) in [6.07, 6.45) is 0. The molecule has 0 aliphatic carbocycles. The Kier molecular flexibility index (Phi) is 4.92. The van der Waals surface area contributed by atoms with Gasteiger partial charge in [-0.2, -0.15) is 9.61 Å². The minimum atomic E-state index is 0.647. The normalized spacial score (nSPS) is 11.0. The largest absolute Gasteiger partial charge is 0.494 e. The maximum atomic E-state index is 6.45. The second-order valence-electron chi connectivity index (χ2n) is 6.54. The van der Waals surface area contributed by atoms with Gasteiger partial charge in [0.05, 0.1) is 17.9 Å². The number of nitrogens with zero attached hydrogens (tertiary/aromatic N) is 3.